The quantitative estimate of drug-likeness (QED) is 0.109. The minimum atomic E-state index is 0.0721. The smallest absolute Gasteiger partial charge is 0.167 e. The van der Waals surface area contributed by atoms with Crippen molar-refractivity contribution in [2.45, 2.75) is 33.1 Å². The monoisotopic (exact) mass is 780 g/mol. The molecule has 0 bridgehead atoms. The van der Waals surface area contributed by atoms with Crippen molar-refractivity contribution in [2.75, 3.05) is 13.2 Å². The van der Waals surface area contributed by atoms with Crippen molar-refractivity contribution in [1.29, 1.82) is 0 Å². The highest BCUT2D eigenvalue weighted by Gasteiger charge is 2.17. The molecule has 0 fully saturated rings. The number of rotatable bonds is 13. The van der Waals surface area contributed by atoms with Gasteiger partial charge in [-0.05, 0) is 37.1 Å². The zero-order valence-corrected chi connectivity index (χ0v) is 32.9. The van der Waals surface area contributed by atoms with E-state index in [1.54, 1.807) is 24.3 Å². The molecular weight excluding hydrogens is 737 g/mol. The average Bonchev–Trinajstić information content (AvgIpc) is 3.29. The molecule has 0 aliphatic heterocycles. The van der Waals surface area contributed by atoms with Crippen LogP contribution >= 0.6 is 0 Å². The van der Waals surface area contributed by atoms with Gasteiger partial charge in [-0.15, -0.1) is 0 Å². The lowest BCUT2D eigenvalue weighted by atomic mass is 10.1. The number of aromatic hydroxyl groups is 2. The second kappa shape index (κ2) is 19.6. The topological polar surface area (TPSA) is 136 Å². The number of hydrogen-bond donors (Lipinski definition) is 2. The molecule has 8 rings (SSSR count). The molecule has 10 nitrogen and oxygen atoms in total. The maximum Gasteiger partial charge on any atom is 0.167 e. The number of aromatic nitrogens is 6. The number of phenols is 2. The van der Waals surface area contributed by atoms with E-state index in [2.05, 4.69) is 36.8 Å². The van der Waals surface area contributed by atoms with E-state index in [0.717, 1.165) is 41.5 Å². The summed E-state index contributed by atoms with van der Waals surface area (Å²) >= 11 is 0. The maximum absolute atomic E-state index is 10.6. The first-order valence-electron chi connectivity index (χ1n) is 19.6. The molecule has 0 radical (unpaired) electrons. The first-order chi connectivity index (χ1) is 29.0. The normalized spacial score (nSPS) is 10.7. The average molecular weight is 781 g/mol. The molecule has 0 saturated heterocycles. The SMILES string of the molecule is CCCCOc1ccc(-c2nc(-c3ccccc3)nc(-c3ccccc3)n2)c(O)c1.CCCOc1ccc(-c2nc(-c3ccccc3)nc(-c3ccccc3)n2)c(O)c1. The standard InChI is InChI=1S/C25H23N3O2.C24H21N3O2/c1-2-3-16-30-20-14-15-21(22(29)17-20)25-27-23(18-10-6-4-7-11-18)26-24(28-25)19-12-8-5-9-13-19;1-2-15-29-19-13-14-20(21(28)16-19)24-26-22(17-9-5-3-6-10-17)25-23(27-24)18-11-7-4-8-12-18/h4-15,17,29H,2-3,16H2,1H3;3-14,16,28H,2,15H2,1H3. The summed E-state index contributed by atoms with van der Waals surface area (Å²) in [6, 6.07) is 49.4. The number of ether oxygens (including phenoxy) is 2. The third kappa shape index (κ3) is 10.3. The Hall–Kier alpha value is -7.46. The van der Waals surface area contributed by atoms with Gasteiger partial charge >= 0.3 is 0 Å². The molecule has 0 spiro atoms. The van der Waals surface area contributed by atoms with Gasteiger partial charge in [-0.3, -0.25) is 0 Å². The van der Waals surface area contributed by atoms with Crippen LogP contribution in [-0.4, -0.2) is 53.3 Å². The first kappa shape index (κ1) is 39.8. The predicted molar refractivity (Wildman–Crippen MR) is 232 cm³/mol. The van der Waals surface area contributed by atoms with Crippen molar-refractivity contribution in [3.63, 3.8) is 0 Å². The Morgan fingerprint density at radius 1 is 0.373 bits per heavy atom. The fourth-order valence-electron chi connectivity index (χ4n) is 5.99. The second-order valence-electron chi connectivity index (χ2n) is 13.5. The lowest BCUT2D eigenvalue weighted by Gasteiger charge is -2.11. The van der Waals surface area contributed by atoms with Crippen LogP contribution in [0.4, 0.5) is 0 Å². The van der Waals surface area contributed by atoms with E-state index < -0.39 is 0 Å². The van der Waals surface area contributed by atoms with E-state index in [1.165, 1.54) is 0 Å². The molecule has 2 heterocycles. The van der Waals surface area contributed by atoms with Gasteiger partial charge in [0.1, 0.15) is 23.0 Å². The van der Waals surface area contributed by atoms with Crippen LogP contribution in [0.15, 0.2) is 158 Å². The van der Waals surface area contributed by atoms with Crippen molar-refractivity contribution in [3.8, 4) is 91.3 Å². The van der Waals surface area contributed by atoms with Gasteiger partial charge in [0.2, 0.25) is 0 Å². The summed E-state index contributed by atoms with van der Waals surface area (Å²) in [4.78, 5) is 27.9. The second-order valence-corrected chi connectivity index (χ2v) is 13.5. The molecule has 0 aliphatic carbocycles. The van der Waals surface area contributed by atoms with Gasteiger partial charge in [0.25, 0.3) is 0 Å². The summed E-state index contributed by atoms with van der Waals surface area (Å²) in [6.07, 6.45) is 2.92. The zero-order chi connectivity index (χ0) is 40.8. The maximum atomic E-state index is 10.6. The van der Waals surface area contributed by atoms with E-state index in [0.29, 0.717) is 70.8 Å². The third-order valence-electron chi connectivity index (χ3n) is 9.06. The van der Waals surface area contributed by atoms with Crippen molar-refractivity contribution in [2.24, 2.45) is 0 Å². The van der Waals surface area contributed by atoms with Gasteiger partial charge in [-0.1, -0.05) is 142 Å². The molecule has 6 aromatic carbocycles. The summed E-state index contributed by atoms with van der Waals surface area (Å²) in [5.74, 6) is 4.46. The highest BCUT2D eigenvalue weighted by molar-refractivity contribution is 5.72. The molecule has 2 N–H and O–H groups in total. The zero-order valence-electron chi connectivity index (χ0n) is 32.9. The van der Waals surface area contributed by atoms with Crippen molar-refractivity contribution in [1.82, 2.24) is 29.9 Å². The van der Waals surface area contributed by atoms with Crippen LogP contribution in [0, 0.1) is 0 Å². The summed E-state index contributed by atoms with van der Waals surface area (Å²) < 4.78 is 11.3. The lowest BCUT2D eigenvalue weighted by molar-refractivity contribution is 0.307. The fraction of sp³-hybridized carbons (Fsp3) is 0.143. The minimum absolute atomic E-state index is 0.0721. The Kier molecular flexibility index (Phi) is 13.2. The summed E-state index contributed by atoms with van der Waals surface area (Å²) in [5, 5.41) is 21.2. The molecule has 294 valence electrons. The Morgan fingerprint density at radius 3 is 1.00 bits per heavy atom. The Morgan fingerprint density at radius 2 is 0.695 bits per heavy atom. The van der Waals surface area contributed by atoms with Crippen LogP contribution < -0.4 is 9.47 Å². The van der Waals surface area contributed by atoms with Crippen LogP contribution in [0.5, 0.6) is 23.0 Å². The van der Waals surface area contributed by atoms with Crippen LogP contribution in [-0.2, 0) is 0 Å². The van der Waals surface area contributed by atoms with Gasteiger partial charge in [-0.2, -0.15) is 0 Å². The first-order valence-corrected chi connectivity index (χ1v) is 19.6. The van der Waals surface area contributed by atoms with E-state index in [9.17, 15) is 10.2 Å². The van der Waals surface area contributed by atoms with Gasteiger partial charge in [0.05, 0.1) is 24.3 Å². The molecule has 8 aromatic rings. The van der Waals surface area contributed by atoms with Crippen molar-refractivity contribution in [3.05, 3.63) is 158 Å². The molecular formula is C49H44N6O4. The summed E-state index contributed by atoms with van der Waals surface area (Å²) in [6.45, 7) is 5.37. The van der Waals surface area contributed by atoms with E-state index in [-0.39, 0.29) is 11.5 Å². The third-order valence-corrected chi connectivity index (χ3v) is 9.06. The van der Waals surface area contributed by atoms with Gasteiger partial charge in [0.15, 0.2) is 34.9 Å². The van der Waals surface area contributed by atoms with Crippen LogP contribution in [0.25, 0.3) is 68.3 Å². The number of benzene rings is 6. The summed E-state index contributed by atoms with van der Waals surface area (Å²) in [7, 11) is 0. The van der Waals surface area contributed by atoms with Gasteiger partial charge in [-0.25, -0.2) is 29.9 Å². The molecule has 0 aliphatic rings. The number of hydrogen-bond acceptors (Lipinski definition) is 10. The van der Waals surface area contributed by atoms with E-state index in [1.807, 2.05) is 140 Å². The predicted octanol–water partition coefficient (Wildman–Crippen LogP) is 11.1. The lowest BCUT2D eigenvalue weighted by Crippen LogP contribution is -2.01. The van der Waals surface area contributed by atoms with Crippen LogP contribution in [0.2, 0.25) is 0 Å². The highest BCUT2D eigenvalue weighted by atomic mass is 16.5. The molecule has 0 saturated carbocycles. The van der Waals surface area contributed by atoms with Crippen molar-refractivity contribution < 1.29 is 19.7 Å². The molecule has 0 amide bonds. The molecule has 0 atom stereocenters. The van der Waals surface area contributed by atoms with Crippen LogP contribution in [0.3, 0.4) is 0 Å². The Balaban J connectivity index is 0.000000179. The highest BCUT2D eigenvalue weighted by Crippen LogP contribution is 2.34. The number of unbranched alkanes of at least 4 members (excludes halogenated alkanes) is 1. The molecule has 0 unspecified atom stereocenters. The van der Waals surface area contributed by atoms with E-state index >= 15 is 0 Å². The Bertz CT molecular complexity index is 2460. The minimum Gasteiger partial charge on any atom is -0.507 e. The van der Waals surface area contributed by atoms with E-state index in [4.69, 9.17) is 9.47 Å². The molecule has 10 heteroatoms. The molecule has 59 heavy (non-hydrogen) atoms. The van der Waals surface area contributed by atoms with Crippen LogP contribution in [0.1, 0.15) is 33.1 Å². The molecule has 2 aromatic heterocycles. The Labute approximate surface area is 344 Å². The fourth-order valence-corrected chi connectivity index (χ4v) is 5.99. The number of nitrogens with zero attached hydrogens (tertiary/aromatic N) is 6. The number of phenolic OH excluding ortho intramolecular Hbond substituents is 2. The largest absolute Gasteiger partial charge is 0.507 e. The van der Waals surface area contributed by atoms with Gasteiger partial charge in [0, 0.05) is 34.4 Å². The summed E-state index contributed by atoms with van der Waals surface area (Å²) in [5.41, 5.74) is 4.61. The van der Waals surface area contributed by atoms with Crippen molar-refractivity contribution >= 4 is 0 Å². The van der Waals surface area contributed by atoms with Gasteiger partial charge < -0.3 is 19.7 Å².